The predicted octanol–water partition coefficient (Wildman–Crippen LogP) is 2.83. The minimum Gasteiger partial charge on any atom is -0.492 e. The van der Waals surface area contributed by atoms with Crippen LogP contribution in [0, 0.1) is 0 Å². The highest BCUT2D eigenvalue weighted by molar-refractivity contribution is 5.27. The molecule has 1 atom stereocenters. The second-order valence-electron chi connectivity index (χ2n) is 6.74. The predicted molar refractivity (Wildman–Crippen MR) is 108 cm³/mol. The largest absolute Gasteiger partial charge is 0.492 e. The average molecular weight is 381 g/mol. The molecule has 1 aromatic heterocycles. The summed E-state index contributed by atoms with van der Waals surface area (Å²) in [5.74, 6) is 1.61. The fourth-order valence-electron chi connectivity index (χ4n) is 2.88. The van der Waals surface area contributed by atoms with Crippen molar-refractivity contribution in [3.05, 3.63) is 78.6 Å². The summed E-state index contributed by atoms with van der Waals surface area (Å²) in [6.07, 6.45) is 3.13. The van der Waals surface area contributed by atoms with E-state index in [-0.39, 0.29) is 6.61 Å². The standard InChI is InChI=1S/C22H27N3O3/c1-24(17-20(26)18-28-21-6-3-2-4-7-21)16-19-8-10-22(11-9-19)27-15-14-25-13-5-12-23-25/h2-13,20,26H,14-18H2,1H3/t20-/m0/s1. The van der Waals surface area contributed by atoms with Crippen molar-refractivity contribution < 1.29 is 14.6 Å². The summed E-state index contributed by atoms with van der Waals surface area (Å²) in [4.78, 5) is 2.08. The highest BCUT2D eigenvalue weighted by Crippen LogP contribution is 2.14. The zero-order chi connectivity index (χ0) is 19.6. The quantitative estimate of drug-likeness (QED) is 0.553. The van der Waals surface area contributed by atoms with Crippen LogP contribution in [0.3, 0.4) is 0 Å². The van der Waals surface area contributed by atoms with Crippen LogP contribution in [0.5, 0.6) is 11.5 Å². The van der Waals surface area contributed by atoms with Crippen LogP contribution in [0.1, 0.15) is 5.56 Å². The molecule has 0 saturated carbocycles. The molecule has 0 bridgehead atoms. The number of nitrogens with zero attached hydrogens (tertiary/aromatic N) is 3. The van der Waals surface area contributed by atoms with Crippen molar-refractivity contribution in [3.8, 4) is 11.5 Å². The third kappa shape index (κ3) is 6.72. The Kier molecular flexibility index (Phi) is 7.46. The number of hydrogen-bond donors (Lipinski definition) is 1. The van der Waals surface area contributed by atoms with Gasteiger partial charge < -0.3 is 14.6 Å². The fraction of sp³-hybridized carbons (Fsp3) is 0.318. The lowest BCUT2D eigenvalue weighted by atomic mass is 10.2. The number of para-hydroxylation sites is 1. The van der Waals surface area contributed by atoms with E-state index in [9.17, 15) is 5.11 Å². The molecule has 3 aromatic rings. The summed E-state index contributed by atoms with van der Waals surface area (Å²) in [6.45, 7) is 2.86. The van der Waals surface area contributed by atoms with Gasteiger partial charge in [-0.25, -0.2) is 0 Å². The molecule has 148 valence electrons. The highest BCUT2D eigenvalue weighted by Gasteiger charge is 2.10. The van der Waals surface area contributed by atoms with Crippen LogP contribution >= 0.6 is 0 Å². The van der Waals surface area contributed by atoms with Crippen molar-refractivity contribution in [2.45, 2.75) is 19.2 Å². The minimum absolute atomic E-state index is 0.275. The molecule has 0 radical (unpaired) electrons. The Hall–Kier alpha value is -2.83. The number of aliphatic hydroxyl groups excluding tert-OH is 1. The Balaban J connectivity index is 1.36. The van der Waals surface area contributed by atoms with E-state index >= 15 is 0 Å². The topological polar surface area (TPSA) is 59.8 Å². The molecule has 0 fully saturated rings. The molecule has 1 heterocycles. The van der Waals surface area contributed by atoms with Crippen LogP contribution in [0.15, 0.2) is 73.1 Å². The average Bonchev–Trinajstić information content (AvgIpc) is 3.22. The van der Waals surface area contributed by atoms with E-state index in [1.54, 1.807) is 6.20 Å². The van der Waals surface area contributed by atoms with Crippen LogP contribution in [-0.2, 0) is 13.1 Å². The molecule has 3 rings (SSSR count). The lowest BCUT2D eigenvalue weighted by Gasteiger charge is -2.21. The van der Waals surface area contributed by atoms with Crippen molar-refractivity contribution in [2.24, 2.45) is 0 Å². The van der Waals surface area contributed by atoms with Crippen LogP contribution in [-0.4, -0.2) is 52.7 Å². The van der Waals surface area contributed by atoms with Gasteiger partial charge in [-0.15, -0.1) is 0 Å². The van der Waals surface area contributed by atoms with Crippen LogP contribution < -0.4 is 9.47 Å². The van der Waals surface area contributed by atoms with Gasteiger partial charge in [0.15, 0.2) is 0 Å². The second-order valence-corrected chi connectivity index (χ2v) is 6.74. The Bertz CT molecular complexity index is 792. The zero-order valence-electron chi connectivity index (χ0n) is 16.1. The van der Waals surface area contributed by atoms with E-state index in [1.165, 1.54) is 0 Å². The van der Waals surface area contributed by atoms with Crippen molar-refractivity contribution in [2.75, 3.05) is 26.8 Å². The van der Waals surface area contributed by atoms with E-state index in [1.807, 2.05) is 78.6 Å². The van der Waals surface area contributed by atoms with Gasteiger partial charge in [0.2, 0.25) is 0 Å². The molecule has 2 aromatic carbocycles. The number of likely N-dealkylation sites (N-methyl/N-ethyl adjacent to an activating group) is 1. The molecular formula is C22H27N3O3. The van der Waals surface area contributed by atoms with Crippen LogP contribution in [0.2, 0.25) is 0 Å². The van der Waals surface area contributed by atoms with Gasteiger partial charge in [-0.3, -0.25) is 9.58 Å². The number of ether oxygens (including phenoxy) is 2. The van der Waals surface area contributed by atoms with Crippen molar-refractivity contribution >= 4 is 0 Å². The van der Waals surface area contributed by atoms with Crippen LogP contribution in [0.25, 0.3) is 0 Å². The Morgan fingerprint density at radius 2 is 1.75 bits per heavy atom. The smallest absolute Gasteiger partial charge is 0.119 e. The Morgan fingerprint density at radius 3 is 2.46 bits per heavy atom. The van der Waals surface area contributed by atoms with E-state index in [2.05, 4.69) is 10.00 Å². The monoisotopic (exact) mass is 381 g/mol. The van der Waals surface area contributed by atoms with Crippen LogP contribution in [0.4, 0.5) is 0 Å². The number of aliphatic hydroxyl groups is 1. The van der Waals surface area contributed by atoms with E-state index in [0.29, 0.717) is 13.2 Å². The normalized spacial score (nSPS) is 12.1. The van der Waals surface area contributed by atoms with Gasteiger partial charge in [-0.1, -0.05) is 30.3 Å². The molecule has 0 unspecified atom stereocenters. The van der Waals surface area contributed by atoms with Crippen molar-refractivity contribution in [3.63, 3.8) is 0 Å². The van der Waals surface area contributed by atoms with Gasteiger partial charge in [0.25, 0.3) is 0 Å². The molecule has 6 heteroatoms. The summed E-state index contributed by atoms with van der Waals surface area (Å²) in [7, 11) is 1.99. The van der Waals surface area contributed by atoms with E-state index in [0.717, 1.165) is 30.2 Å². The molecule has 0 aliphatic heterocycles. The molecule has 1 N–H and O–H groups in total. The summed E-state index contributed by atoms with van der Waals surface area (Å²) < 4.78 is 13.2. The first-order valence-electron chi connectivity index (χ1n) is 9.42. The number of rotatable bonds is 11. The maximum atomic E-state index is 10.2. The van der Waals surface area contributed by atoms with Gasteiger partial charge in [0, 0.05) is 25.5 Å². The number of hydrogen-bond acceptors (Lipinski definition) is 5. The molecule has 0 spiro atoms. The molecular weight excluding hydrogens is 354 g/mol. The maximum Gasteiger partial charge on any atom is 0.119 e. The summed E-state index contributed by atoms with van der Waals surface area (Å²) in [6, 6.07) is 19.5. The molecule has 0 amide bonds. The van der Waals surface area contributed by atoms with E-state index < -0.39 is 6.10 Å². The lowest BCUT2D eigenvalue weighted by molar-refractivity contribution is 0.0744. The van der Waals surface area contributed by atoms with Gasteiger partial charge in [0.1, 0.15) is 30.8 Å². The van der Waals surface area contributed by atoms with Crippen molar-refractivity contribution in [1.82, 2.24) is 14.7 Å². The molecule has 0 aliphatic carbocycles. The fourth-order valence-corrected chi connectivity index (χ4v) is 2.88. The van der Waals surface area contributed by atoms with Gasteiger partial charge >= 0.3 is 0 Å². The molecule has 28 heavy (non-hydrogen) atoms. The number of aromatic nitrogens is 2. The molecule has 6 nitrogen and oxygen atoms in total. The van der Waals surface area contributed by atoms with Crippen molar-refractivity contribution in [1.29, 1.82) is 0 Å². The molecule has 0 saturated heterocycles. The minimum atomic E-state index is -0.546. The Labute approximate surface area is 165 Å². The van der Waals surface area contributed by atoms with Gasteiger partial charge in [-0.05, 0) is 42.9 Å². The summed E-state index contributed by atoms with van der Waals surface area (Å²) >= 11 is 0. The molecule has 0 aliphatic rings. The number of benzene rings is 2. The summed E-state index contributed by atoms with van der Waals surface area (Å²) in [5.41, 5.74) is 1.16. The van der Waals surface area contributed by atoms with E-state index in [4.69, 9.17) is 9.47 Å². The zero-order valence-corrected chi connectivity index (χ0v) is 16.1. The second kappa shape index (κ2) is 10.5. The third-order valence-electron chi connectivity index (χ3n) is 4.23. The van der Waals surface area contributed by atoms with Gasteiger partial charge in [0.05, 0.1) is 6.54 Å². The first-order chi connectivity index (χ1) is 13.7. The Morgan fingerprint density at radius 1 is 1.00 bits per heavy atom. The highest BCUT2D eigenvalue weighted by atomic mass is 16.5. The first-order valence-corrected chi connectivity index (χ1v) is 9.42. The maximum absolute atomic E-state index is 10.2. The first kappa shape index (κ1) is 19.9. The third-order valence-corrected chi connectivity index (χ3v) is 4.23. The lowest BCUT2D eigenvalue weighted by Crippen LogP contribution is -2.32. The van der Waals surface area contributed by atoms with Gasteiger partial charge in [-0.2, -0.15) is 5.10 Å². The SMILES string of the molecule is CN(Cc1ccc(OCCn2cccn2)cc1)C[C@H](O)COc1ccccc1. The summed E-state index contributed by atoms with van der Waals surface area (Å²) in [5, 5.41) is 14.3.